The van der Waals surface area contributed by atoms with Crippen molar-refractivity contribution in [2.75, 3.05) is 6.61 Å². The van der Waals surface area contributed by atoms with E-state index in [1.807, 2.05) is 47.3 Å². The normalized spacial score (nSPS) is 23.8. The van der Waals surface area contributed by atoms with E-state index in [2.05, 4.69) is 25.4 Å². The first-order chi connectivity index (χ1) is 15.1. The van der Waals surface area contributed by atoms with Crippen LogP contribution >= 0.6 is 0 Å². The smallest absolute Gasteiger partial charge is 0.220 e. The molecule has 5 rings (SSSR count). The van der Waals surface area contributed by atoms with Crippen molar-refractivity contribution >= 4 is 22.7 Å². The molecule has 160 valence electrons. The summed E-state index contributed by atoms with van der Waals surface area (Å²) in [5, 5.41) is 8.88. The summed E-state index contributed by atoms with van der Waals surface area (Å²) < 4.78 is 7.88. The van der Waals surface area contributed by atoms with Crippen molar-refractivity contribution in [3.63, 3.8) is 0 Å². The third kappa shape index (κ3) is 4.14. The van der Waals surface area contributed by atoms with Crippen molar-refractivity contribution in [2.45, 2.75) is 44.1 Å². The summed E-state index contributed by atoms with van der Waals surface area (Å²) in [6.45, 7) is 0.763. The van der Waals surface area contributed by atoms with E-state index < -0.39 is 5.79 Å². The fourth-order valence-corrected chi connectivity index (χ4v) is 4.06. The fourth-order valence-electron chi connectivity index (χ4n) is 4.06. The summed E-state index contributed by atoms with van der Waals surface area (Å²) in [7, 11) is 0. The molecule has 0 aliphatic carbocycles. The molecule has 0 amide bonds. The van der Waals surface area contributed by atoms with Gasteiger partial charge >= 0.3 is 0 Å². The Kier molecular flexibility index (Phi) is 5.13. The van der Waals surface area contributed by atoms with Crippen LogP contribution < -0.4 is 16.8 Å². The molecule has 1 saturated heterocycles. The Balaban J connectivity index is 1.40. The van der Waals surface area contributed by atoms with E-state index in [-0.39, 0.29) is 12.2 Å². The van der Waals surface area contributed by atoms with Gasteiger partial charge in [-0.05, 0) is 43.9 Å². The zero-order chi connectivity index (χ0) is 21.3. The van der Waals surface area contributed by atoms with E-state index in [9.17, 15) is 0 Å². The highest BCUT2D eigenvalue weighted by atomic mass is 16.5. The second kappa shape index (κ2) is 8.09. The van der Waals surface area contributed by atoms with Gasteiger partial charge in [0.2, 0.25) is 5.96 Å². The number of guanidine groups is 1. The van der Waals surface area contributed by atoms with Crippen molar-refractivity contribution in [3.8, 4) is 0 Å². The van der Waals surface area contributed by atoms with Crippen LogP contribution in [-0.2, 0) is 11.2 Å². The number of benzene rings is 1. The maximum atomic E-state index is 6.54. The van der Waals surface area contributed by atoms with Crippen molar-refractivity contribution in [1.29, 1.82) is 0 Å². The predicted molar refractivity (Wildman–Crippen MR) is 119 cm³/mol. The maximum Gasteiger partial charge on any atom is 0.220 e. The third-order valence-corrected chi connectivity index (χ3v) is 5.66. The summed E-state index contributed by atoms with van der Waals surface area (Å²) in [6, 6.07) is 11.9. The Bertz CT molecular complexity index is 1130. The van der Waals surface area contributed by atoms with Gasteiger partial charge in [-0.15, -0.1) is 0 Å². The Morgan fingerprint density at radius 3 is 2.97 bits per heavy atom. The van der Waals surface area contributed by atoms with Crippen LogP contribution in [0.3, 0.4) is 0 Å². The molecule has 0 spiro atoms. The average molecular weight is 419 g/mol. The molecule has 4 heterocycles. The summed E-state index contributed by atoms with van der Waals surface area (Å²) in [6.07, 6.45) is 7.98. The van der Waals surface area contributed by atoms with Gasteiger partial charge in [-0.2, -0.15) is 10.1 Å². The number of aliphatic imine (C=N–C) groups is 2. The molecule has 2 aromatic heterocycles. The highest BCUT2D eigenvalue weighted by Crippen LogP contribution is 2.27. The Hall–Kier alpha value is -3.30. The maximum absolute atomic E-state index is 6.54. The Morgan fingerprint density at radius 1 is 1.23 bits per heavy atom. The molecule has 2 aliphatic rings. The first-order valence-corrected chi connectivity index (χ1v) is 10.6. The molecule has 2 aliphatic heterocycles. The number of aryl methyl sites for hydroxylation is 1. The number of aromatic nitrogens is 3. The van der Waals surface area contributed by atoms with E-state index in [1.165, 1.54) is 0 Å². The first-order valence-electron chi connectivity index (χ1n) is 10.6. The van der Waals surface area contributed by atoms with Gasteiger partial charge in [-0.1, -0.05) is 18.2 Å². The molecule has 3 aromatic rings. The zero-order valence-corrected chi connectivity index (χ0v) is 17.2. The molecular weight excluding hydrogens is 392 g/mol. The first kappa shape index (κ1) is 19.7. The third-order valence-electron chi connectivity index (χ3n) is 5.66. The van der Waals surface area contributed by atoms with Crippen LogP contribution in [0.15, 0.2) is 58.8 Å². The van der Waals surface area contributed by atoms with Gasteiger partial charge in [0, 0.05) is 35.9 Å². The van der Waals surface area contributed by atoms with Crippen LogP contribution in [0, 0.1) is 0 Å². The minimum absolute atomic E-state index is 0.0404. The number of fused-ring (bicyclic) bond motifs is 1. The predicted octanol–water partition coefficient (Wildman–Crippen LogP) is 2.04. The van der Waals surface area contributed by atoms with Crippen LogP contribution in [0.2, 0.25) is 0 Å². The number of amidine groups is 1. The molecule has 0 radical (unpaired) electrons. The lowest BCUT2D eigenvalue weighted by Gasteiger charge is -2.31. The molecule has 2 unspecified atom stereocenters. The van der Waals surface area contributed by atoms with Gasteiger partial charge in [0.25, 0.3) is 0 Å². The van der Waals surface area contributed by atoms with E-state index in [1.54, 1.807) is 6.20 Å². The van der Waals surface area contributed by atoms with Crippen LogP contribution in [-0.4, -0.2) is 39.0 Å². The quantitative estimate of drug-likeness (QED) is 0.582. The monoisotopic (exact) mass is 418 g/mol. The van der Waals surface area contributed by atoms with Crippen LogP contribution in [0.1, 0.15) is 43.2 Å². The lowest BCUT2D eigenvalue weighted by Crippen LogP contribution is -2.58. The minimum atomic E-state index is -1.06. The number of rotatable bonds is 5. The molecule has 31 heavy (non-hydrogen) atoms. The summed E-state index contributed by atoms with van der Waals surface area (Å²) in [5.41, 5.74) is 15.4. The largest absolute Gasteiger partial charge is 0.368 e. The molecule has 5 N–H and O–H groups in total. The van der Waals surface area contributed by atoms with Crippen molar-refractivity contribution in [2.24, 2.45) is 21.5 Å². The zero-order valence-electron chi connectivity index (χ0n) is 17.2. The van der Waals surface area contributed by atoms with E-state index >= 15 is 0 Å². The van der Waals surface area contributed by atoms with Gasteiger partial charge in [0.15, 0.2) is 12.0 Å². The molecule has 2 atom stereocenters. The highest BCUT2D eigenvalue weighted by Gasteiger charge is 2.30. The summed E-state index contributed by atoms with van der Waals surface area (Å²) >= 11 is 0. The minimum Gasteiger partial charge on any atom is -0.368 e. The second-order valence-electron chi connectivity index (χ2n) is 7.98. The van der Waals surface area contributed by atoms with Crippen LogP contribution in [0.5, 0.6) is 0 Å². The van der Waals surface area contributed by atoms with Crippen LogP contribution in [0.4, 0.5) is 0 Å². The fraction of sp³-hybridized carbons (Fsp3) is 0.364. The number of hydrogen-bond acceptors (Lipinski definition) is 8. The number of nitrogens with one attached hydrogen (secondary N) is 1. The van der Waals surface area contributed by atoms with Crippen LogP contribution in [0.25, 0.3) is 10.9 Å². The number of nitrogens with zero attached hydrogens (tertiary/aromatic N) is 5. The number of pyridine rings is 1. The van der Waals surface area contributed by atoms with Crippen molar-refractivity contribution in [3.05, 3.63) is 60.0 Å². The molecule has 0 saturated carbocycles. The Morgan fingerprint density at radius 2 is 2.16 bits per heavy atom. The van der Waals surface area contributed by atoms with Gasteiger partial charge in [0.05, 0.1) is 11.7 Å². The van der Waals surface area contributed by atoms with Gasteiger partial charge in [0.1, 0.15) is 5.84 Å². The lowest BCUT2D eigenvalue weighted by atomic mass is 10.1. The number of nitrogens with two attached hydrogens (primary N) is 2. The number of hydrogen-bond donors (Lipinski definition) is 3. The average Bonchev–Trinajstić information content (AvgIpc) is 3.22. The lowest BCUT2D eigenvalue weighted by molar-refractivity contribution is -0.0366. The molecule has 9 nitrogen and oxygen atoms in total. The van der Waals surface area contributed by atoms with Gasteiger partial charge in [-0.3, -0.25) is 10.7 Å². The van der Waals surface area contributed by atoms with E-state index in [0.717, 1.165) is 48.0 Å². The topological polar surface area (TPSA) is 129 Å². The molecule has 9 heteroatoms. The Labute approximate surface area is 180 Å². The molecular formula is C22H26N8O. The highest BCUT2D eigenvalue weighted by molar-refractivity contribution is 6.08. The van der Waals surface area contributed by atoms with Gasteiger partial charge in [-0.25, -0.2) is 9.67 Å². The number of ether oxygens (including phenoxy) is 1. The second-order valence-corrected chi connectivity index (χ2v) is 7.98. The molecule has 0 bridgehead atoms. The summed E-state index contributed by atoms with van der Waals surface area (Å²) in [5.74, 6) is -0.308. The molecule has 1 fully saturated rings. The van der Waals surface area contributed by atoms with E-state index in [0.29, 0.717) is 18.7 Å². The van der Waals surface area contributed by atoms with Crippen molar-refractivity contribution < 1.29 is 4.74 Å². The van der Waals surface area contributed by atoms with E-state index in [4.69, 9.17) is 16.2 Å². The molecule has 1 aromatic carbocycles. The van der Waals surface area contributed by atoms with Crippen molar-refractivity contribution in [1.82, 2.24) is 20.1 Å². The summed E-state index contributed by atoms with van der Waals surface area (Å²) in [4.78, 5) is 13.1. The standard InChI is InChI=1S/C22H26N8O/c23-21-27-20(28-22(24,29-21)10-9-17-5-1-3-11-25-17)15-7-8-16-14-26-30(18(16)13-15)19-6-2-4-12-31-19/h1,3,5,7-8,11,13-14,19H,2,4,6,9-10,12,24H2,(H3,23,27,28,29). The SMILES string of the molecule is NC1=NC(N)(CCc2ccccn2)NC(c2ccc3cnn(C4CCCCO4)c3c2)=N1. The van der Waals surface area contributed by atoms with Gasteiger partial charge < -0.3 is 15.8 Å².